The van der Waals surface area contributed by atoms with E-state index in [1.54, 1.807) is 4.68 Å². The molecule has 0 aliphatic carbocycles. The van der Waals surface area contributed by atoms with E-state index in [2.05, 4.69) is 26.2 Å². The zero-order valence-electron chi connectivity index (χ0n) is 10.7. The summed E-state index contributed by atoms with van der Waals surface area (Å²) in [4.78, 5) is 12.2. The molecule has 21 heavy (non-hydrogen) atoms. The summed E-state index contributed by atoms with van der Waals surface area (Å²) in [6.07, 6.45) is 0. The molecule has 0 saturated heterocycles. The maximum absolute atomic E-state index is 11.3. The molecule has 3 aromatic rings. The maximum atomic E-state index is 11.3. The molecule has 0 atom stereocenters. The molecule has 0 fully saturated rings. The van der Waals surface area contributed by atoms with Gasteiger partial charge in [0.2, 0.25) is 0 Å². The fraction of sp³-hybridized carbons (Fsp3) is 0.0714. The molecule has 1 N–H and O–H groups in total. The van der Waals surface area contributed by atoms with E-state index in [1.165, 1.54) is 11.3 Å². The molecule has 0 spiro atoms. The van der Waals surface area contributed by atoms with E-state index in [0.29, 0.717) is 12.2 Å². The fourth-order valence-corrected chi connectivity index (χ4v) is 3.25. The van der Waals surface area contributed by atoms with Crippen molar-refractivity contribution in [2.24, 2.45) is 0 Å². The third-order valence-electron chi connectivity index (χ3n) is 2.91. The van der Waals surface area contributed by atoms with E-state index in [0.717, 1.165) is 14.9 Å². The molecule has 0 amide bonds. The summed E-state index contributed by atoms with van der Waals surface area (Å²) in [6, 6.07) is 11.5. The van der Waals surface area contributed by atoms with Gasteiger partial charge in [-0.2, -0.15) is 0 Å². The summed E-state index contributed by atoms with van der Waals surface area (Å²) in [5.74, 6) is -1.07. The van der Waals surface area contributed by atoms with E-state index in [9.17, 15) is 9.90 Å². The molecule has 2 aromatic heterocycles. The third-order valence-corrected chi connectivity index (χ3v) is 4.28. The number of rotatable bonds is 4. The molecular weight excluding hydrogens is 354 g/mol. The van der Waals surface area contributed by atoms with Crippen molar-refractivity contribution in [2.75, 3.05) is 0 Å². The fourth-order valence-electron chi connectivity index (χ4n) is 2.03. The number of carboxylic acids is 1. The lowest BCUT2D eigenvalue weighted by Crippen LogP contribution is -2.05. The minimum absolute atomic E-state index is 0.0209. The number of carbonyl (C=O) groups is 1. The number of aromatic carboxylic acids is 1. The van der Waals surface area contributed by atoms with Crippen LogP contribution in [0, 0.1) is 0 Å². The third kappa shape index (κ3) is 2.88. The average molecular weight is 364 g/mol. The Morgan fingerprint density at radius 3 is 2.86 bits per heavy atom. The quantitative estimate of drug-likeness (QED) is 0.769. The van der Waals surface area contributed by atoms with Crippen molar-refractivity contribution in [2.45, 2.75) is 6.54 Å². The number of thiophene rings is 1. The number of carboxylic acid groups (broad SMARTS) is 1. The van der Waals surface area contributed by atoms with Crippen molar-refractivity contribution in [3.8, 4) is 10.6 Å². The van der Waals surface area contributed by atoms with Crippen LogP contribution < -0.4 is 0 Å². The van der Waals surface area contributed by atoms with Crippen molar-refractivity contribution in [1.82, 2.24) is 15.0 Å². The van der Waals surface area contributed by atoms with Gasteiger partial charge in [-0.3, -0.25) is 0 Å². The molecule has 0 radical (unpaired) electrons. The van der Waals surface area contributed by atoms with Crippen LogP contribution in [0.4, 0.5) is 0 Å². The zero-order chi connectivity index (χ0) is 14.8. The second kappa shape index (κ2) is 5.79. The van der Waals surface area contributed by atoms with Gasteiger partial charge >= 0.3 is 5.97 Å². The van der Waals surface area contributed by atoms with Gasteiger partial charge in [0, 0.05) is 4.47 Å². The van der Waals surface area contributed by atoms with Crippen LogP contribution in [-0.4, -0.2) is 26.1 Å². The van der Waals surface area contributed by atoms with E-state index < -0.39 is 5.97 Å². The predicted octanol–water partition coefficient (Wildman–Crippen LogP) is 3.52. The van der Waals surface area contributed by atoms with Crippen molar-refractivity contribution >= 4 is 33.2 Å². The Morgan fingerprint density at radius 1 is 1.33 bits per heavy atom. The summed E-state index contributed by atoms with van der Waals surface area (Å²) in [5.41, 5.74) is 1.54. The molecule has 0 aliphatic heterocycles. The number of benzene rings is 1. The van der Waals surface area contributed by atoms with Gasteiger partial charge < -0.3 is 5.11 Å². The summed E-state index contributed by atoms with van der Waals surface area (Å²) < 4.78 is 2.59. The van der Waals surface area contributed by atoms with Crippen LogP contribution in [0.5, 0.6) is 0 Å². The Hall–Kier alpha value is -1.99. The van der Waals surface area contributed by atoms with E-state index in [4.69, 9.17) is 0 Å². The molecule has 1 aromatic carbocycles. The molecule has 0 saturated carbocycles. The van der Waals surface area contributed by atoms with E-state index in [1.807, 2.05) is 41.8 Å². The molecule has 3 rings (SSSR count). The lowest BCUT2D eigenvalue weighted by Gasteiger charge is -2.06. The molecular formula is C14H10BrN3O2S. The highest BCUT2D eigenvalue weighted by atomic mass is 79.9. The van der Waals surface area contributed by atoms with Crippen LogP contribution in [0.25, 0.3) is 10.6 Å². The Balaban J connectivity index is 2.05. The Labute approximate surface area is 133 Å². The average Bonchev–Trinajstić information content (AvgIpc) is 3.06. The minimum atomic E-state index is -1.07. The number of hydrogen-bond donors (Lipinski definition) is 1. The maximum Gasteiger partial charge on any atom is 0.358 e. The largest absolute Gasteiger partial charge is 0.476 e. The molecule has 5 nitrogen and oxygen atoms in total. The lowest BCUT2D eigenvalue weighted by atomic mass is 10.2. The summed E-state index contributed by atoms with van der Waals surface area (Å²) >= 11 is 4.89. The van der Waals surface area contributed by atoms with Crippen LogP contribution in [0.15, 0.2) is 46.3 Å². The van der Waals surface area contributed by atoms with Crippen LogP contribution in [0.3, 0.4) is 0 Å². The summed E-state index contributed by atoms with van der Waals surface area (Å²) in [6.45, 7) is 0.465. The minimum Gasteiger partial charge on any atom is -0.476 e. The van der Waals surface area contributed by atoms with Crippen LogP contribution >= 0.6 is 27.3 Å². The highest BCUT2D eigenvalue weighted by molar-refractivity contribution is 9.10. The van der Waals surface area contributed by atoms with Crippen molar-refractivity contribution < 1.29 is 9.90 Å². The molecule has 0 aliphatic rings. The summed E-state index contributed by atoms with van der Waals surface area (Å²) in [7, 11) is 0. The molecule has 0 bridgehead atoms. The normalized spacial score (nSPS) is 10.7. The smallest absolute Gasteiger partial charge is 0.358 e. The van der Waals surface area contributed by atoms with Gasteiger partial charge in [0.25, 0.3) is 0 Å². The zero-order valence-corrected chi connectivity index (χ0v) is 13.1. The van der Waals surface area contributed by atoms with Crippen molar-refractivity contribution in [3.63, 3.8) is 0 Å². The first-order valence-electron chi connectivity index (χ1n) is 6.10. The number of nitrogens with zero attached hydrogens (tertiary/aromatic N) is 3. The second-order valence-electron chi connectivity index (χ2n) is 4.36. The highest BCUT2D eigenvalue weighted by Crippen LogP contribution is 2.27. The van der Waals surface area contributed by atoms with Gasteiger partial charge in [0.05, 0.1) is 11.4 Å². The van der Waals surface area contributed by atoms with Crippen LogP contribution in [0.2, 0.25) is 0 Å². The first-order chi connectivity index (χ1) is 10.1. The SMILES string of the molecule is O=C(O)c1nnn(Cc2cccc(Br)c2)c1-c1cccs1. The molecule has 2 heterocycles. The topological polar surface area (TPSA) is 68.0 Å². The van der Waals surface area contributed by atoms with Crippen molar-refractivity contribution in [1.29, 1.82) is 0 Å². The predicted molar refractivity (Wildman–Crippen MR) is 83.5 cm³/mol. The first kappa shape index (κ1) is 14.0. The molecule has 0 unspecified atom stereocenters. The number of halogens is 1. The first-order valence-corrected chi connectivity index (χ1v) is 7.77. The van der Waals surface area contributed by atoms with Gasteiger partial charge in [-0.05, 0) is 29.1 Å². The second-order valence-corrected chi connectivity index (χ2v) is 6.22. The Kier molecular flexibility index (Phi) is 3.85. The monoisotopic (exact) mass is 363 g/mol. The lowest BCUT2D eigenvalue weighted by molar-refractivity contribution is 0.0691. The molecule has 106 valence electrons. The van der Waals surface area contributed by atoms with E-state index >= 15 is 0 Å². The Bertz CT molecular complexity index is 783. The van der Waals surface area contributed by atoms with Crippen LogP contribution in [-0.2, 0) is 6.54 Å². The van der Waals surface area contributed by atoms with Gasteiger partial charge in [0.1, 0.15) is 5.69 Å². The van der Waals surface area contributed by atoms with Gasteiger partial charge in [-0.1, -0.05) is 39.3 Å². The van der Waals surface area contributed by atoms with Gasteiger partial charge in [-0.25, -0.2) is 9.48 Å². The highest BCUT2D eigenvalue weighted by Gasteiger charge is 2.21. The number of hydrogen-bond acceptors (Lipinski definition) is 4. The van der Waals surface area contributed by atoms with Gasteiger partial charge in [0.15, 0.2) is 5.69 Å². The molecule has 7 heteroatoms. The Morgan fingerprint density at radius 2 is 2.19 bits per heavy atom. The van der Waals surface area contributed by atoms with Gasteiger partial charge in [-0.15, -0.1) is 16.4 Å². The number of aromatic nitrogens is 3. The van der Waals surface area contributed by atoms with E-state index in [-0.39, 0.29) is 5.69 Å². The standard InChI is InChI=1S/C14H10BrN3O2S/c15-10-4-1-3-9(7-10)8-18-13(11-5-2-6-21-11)12(14(19)20)16-17-18/h1-7H,8H2,(H,19,20). The van der Waals surface area contributed by atoms with Crippen molar-refractivity contribution in [3.05, 3.63) is 57.5 Å². The summed E-state index contributed by atoms with van der Waals surface area (Å²) in [5, 5.41) is 19.0. The van der Waals surface area contributed by atoms with Crippen LogP contribution in [0.1, 0.15) is 16.1 Å².